The van der Waals surface area contributed by atoms with Crippen molar-refractivity contribution in [2.45, 2.75) is 6.18 Å². The van der Waals surface area contributed by atoms with E-state index in [0.29, 0.717) is 5.69 Å². The number of aromatic nitrogens is 4. The van der Waals surface area contributed by atoms with Crippen molar-refractivity contribution in [2.24, 2.45) is 7.05 Å². The molecule has 0 spiro atoms. The highest BCUT2D eigenvalue weighted by Crippen LogP contribution is 2.34. The van der Waals surface area contributed by atoms with Crippen molar-refractivity contribution in [2.75, 3.05) is 17.7 Å². The van der Waals surface area contributed by atoms with Gasteiger partial charge in [-0.25, -0.2) is 4.98 Å². The molecule has 23 heavy (non-hydrogen) atoms. The van der Waals surface area contributed by atoms with Gasteiger partial charge in [0.15, 0.2) is 0 Å². The third kappa shape index (κ3) is 2.77. The fraction of sp³-hybridized carbons (Fsp3) is 0.214. The molecule has 0 amide bonds. The number of hydrogen-bond acceptors (Lipinski definition) is 5. The number of nitrogens with zero attached hydrogens (tertiary/aromatic N) is 4. The summed E-state index contributed by atoms with van der Waals surface area (Å²) in [6, 6.07) is 5.49. The van der Waals surface area contributed by atoms with Gasteiger partial charge in [0.25, 0.3) is 0 Å². The molecule has 0 fully saturated rings. The minimum atomic E-state index is -4.51. The maximum absolute atomic E-state index is 12.9. The van der Waals surface area contributed by atoms with Crippen molar-refractivity contribution < 1.29 is 13.2 Å². The van der Waals surface area contributed by atoms with Gasteiger partial charge in [0.2, 0.25) is 5.95 Å². The highest BCUT2D eigenvalue weighted by atomic mass is 19.4. The van der Waals surface area contributed by atoms with Gasteiger partial charge in [-0.15, -0.1) is 0 Å². The second-order valence-corrected chi connectivity index (χ2v) is 4.84. The molecule has 1 aromatic carbocycles. The van der Waals surface area contributed by atoms with Crippen molar-refractivity contribution in [1.82, 2.24) is 19.7 Å². The lowest BCUT2D eigenvalue weighted by Gasteiger charge is -2.13. The Morgan fingerprint density at radius 3 is 2.65 bits per heavy atom. The largest absolute Gasteiger partial charge is 0.421 e. The van der Waals surface area contributed by atoms with Crippen LogP contribution in [0.25, 0.3) is 10.9 Å². The highest BCUT2D eigenvalue weighted by Gasteiger charge is 2.35. The summed E-state index contributed by atoms with van der Waals surface area (Å²) < 4.78 is 40.3. The fourth-order valence-electron chi connectivity index (χ4n) is 2.29. The van der Waals surface area contributed by atoms with Crippen LogP contribution in [-0.4, -0.2) is 26.8 Å². The average Bonchev–Trinajstić information content (AvgIpc) is 2.88. The number of alkyl halides is 3. The Hall–Kier alpha value is -2.84. The molecule has 3 rings (SSSR count). The van der Waals surface area contributed by atoms with E-state index in [1.165, 1.54) is 7.05 Å². The van der Waals surface area contributed by atoms with Gasteiger partial charge in [0.1, 0.15) is 11.4 Å². The monoisotopic (exact) mass is 322 g/mol. The second kappa shape index (κ2) is 5.41. The topological polar surface area (TPSA) is 67.7 Å². The zero-order valence-electron chi connectivity index (χ0n) is 12.3. The van der Waals surface area contributed by atoms with E-state index >= 15 is 0 Å². The Morgan fingerprint density at radius 2 is 1.96 bits per heavy atom. The molecule has 9 heteroatoms. The first-order valence-electron chi connectivity index (χ1n) is 6.70. The summed E-state index contributed by atoms with van der Waals surface area (Å²) in [6.45, 7) is 0. The molecule has 0 radical (unpaired) electrons. The van der Waals surface area contributed by atoms with Crippen LogP contribution in [0.3, 0.4) is 0 Å². The summed E-state index contributed by atoms with van der Waals surface area (Å²) in [7, 11) is 3.16. The first-order valence-corrected chi connectivity index (χ1v) is 6.70. The van der Waals surface area contributed by atoms with E-state index in [-0.39, 0.29) is 11.8 Å². The Labute approximate surface area is 129 Å². The number of aryl methyl sites for hydroxylation is 1. The van der Waals surface area contributed by atoms with E-state index in [1.807, 2.05) is 12.1 Å². The predicted molar refractivity (Wildman–Crippen MR) is 80.6 cm³/mol. The Bertz CT molecular complexity index is 855. The van der Waals surface area contributed by atoms with Crippen LogP contribution in [0.1, 0.15) is 5.56 Å². The van der Waals surface area contributed by atoms with Crippen LogP contribution in [0, 0.1) is 0 Å². The lowest BCUT2D eigenvalue weighted by atomic mass is 10.2. The van der Waals surface area contributed by atoms with E-state index in [9.17, 15) is 13.2 Å². The third-order valence-electron chi connectivity index (χ3n) is 3.34. The number of anilines is 3. The van der Waals surface area contributed by atoms with Gasteiger partial charge in [-0.3, -0.25) is 4.68 Å². The molecule has 0 bridgehead atoms. The highest BCUT2D eigenvalue weighted by molar-refractivity contribution is 5.91. The Balaban J connectivity index is 2.01. The Kier molecular flexibility index (Phi) is 3.55. The molecular formula is C14H13F3N6. The maximum Gasteiger partial charge on any atom is 0.421 e. The van der Waals surface area contributed by atoms with E-state index < -0.39 is 11.7 Å². The molecule has 0 aliphatic carbocycles. The molecule has 0 saturated heterocycles. The summed E-state index contributed by atoms with van der Waals surface area (Å²) in [5.41, 5.74) is 0.551. The van der Waals surface area contributed by atoms with Crippen molar-refractivity contribution in [3.05, 3.63) is 36.2 Å². The van der Waals surface area contributed by atoms with Gasteiger partial charge < -0.3 is 10.6 Å². The van der Waals surface area contributed by atoms with Gasteiger partial charge >= 0.3 is 6.18 Å². The first kappa shape index (κ1) is 15.1. The third-order valence-corrected chi connectivity index (χ3v) is 3.34. The fourth-order valence-corrected chi connectivity index (χ4v) is 2.29. The molecule has 2 aromatic heterocycles. The van der Waals surface area contributed by atoms with Gasteiger partial charge in [0, 0.05) is 25.7 Å². The smallest absolute Gasteiger partial charge is 0.372 e. The summed E-state index contributed by atoms with van der Waals surface area (Å²) in [4.78, 5) is 7.65. The number of benzene rings is 1. The van der Waals surface area contributed by atoms with Crippen LogP contribution < -0.4 is 10.6 Å². The molecule has 120 valence electrons. The van der Waals surface area contributed by atoms with Gasteiger partial charge in [0.05, 0.1) is 17.4 Å². The molecular weight excluding hydrogens is 309 g/mol. The van der Waals surface area contributed by atoms with Crippen molar-refractivity contribution in [3.8, 4) is 0 Å². The number of nitrogens with one attached hydrogen (secondary N) is 2. The normalized spacial score (nSPS) is 11.7. The van der Waals surface area contributed by atoms with E-state index in [1.54, 1.807) is 24.0 Å². The zero-order chi connectivity index (χ0) is 16.6. The summed E-state index contributed by atoms with van der Waals surface area (Å²) in [5.74, 6) is -0.219. The molecule has 0 atom stereocenters. The lowest BCUT2D eigenvalue weighted by molar-refractivity contribution is -0.137. The molecule has 6 nitrogen and oxygen atoms in total. The van der Waals surface area contributed by atoms with Crippen molar-refractivity contribution in [1.29, 1.82) is 0 Å². The molecule has 3 aromatic rings. The average molecular weight is 322 g/mol. The van der Waals surface area contributed by atoms with E-state index in [4.69, 9.17) is 0 Å². The number of halogens is 3. The van der Waals surface area contributed by atoms with Gasteiger partial charge in [-0.1, -0.05) is 12.1 Å². The van der Waals surface area contributed by atoms with Crippen LogP contribution in [-0.2, 0) is 13.2 Å². The van der Waals surface area contributed by atoms with Gasteiger partial charge in [-0.05, 0) is 6.07 Å². The summed E-state index contributed by atoms with van der Waals surface area (Å²) >= 11 is 0. The van der Waals surface area contributed by atoms with Crippen LogP contribution >= 0.6 is 0 Å². The minimum absolute atomic E-state index is 0.0658. The molecule has 0 aliphatic rings. The number of fused-ring (bicyclic) bond motifs is 1. The van der Waals surface area contributed by atoms with E-state index in [0.717, 1.165) is 17.1 Å². The van der Waals surface area contributed by atoms with Crippen LogP contribution in [0.15, 0.2) is 30.6 Å². The lowest BCUT2D eigenvalue weighted by Crippen LogP contribution is -2.12. The zero-order valence-corrected chi connectivity index (χ0v) is 12.3. The van der Waals surface area contributed by atoms with E-state index in [2.05, 4.69) is 25.7 Å². The number of rotatable bonds is 3. The molecule has 2 heterocycles. The SMILES string of the molecule is CNc1nc(Nc2cccc3cnn(C)c23)ncc1C(F)(F)F. The van der Waals surface area contributed by atoms with Gasteiger partial charge in [-0.2, -0.15) is 23.3 Å². The maximum atomic E-state index is 12.9. The predicted octanol–water partition coefficient (Wildman–Crippen LogP) is 3.17. The summed E-state index contributed by atoms with van der Waals surface area (Å²) in [5, 5.41) is 10.4. The van der Waals surface area contributed by atoms with Crippen LogP contribution in [0.2, 0.25) is 0 Å². The van der Waals surface area contributed by atoms with Crippen molar-refractivity contribution in [3.63, 3.8) is 0 Å². The minimum Gasteiger partial charge on any atom is -0.372 e. The molecule has 0 aliphatic heterocycles. The number of hydrogen-bond donors (Lipinski definition) is 2. The quantitative estimate of drug-likeness (QED) is 0.775. The second-order valence-electron chi connectivity index (χ2n) is 4.84. The molecule has 2 N–H and O–H groups in total. The first-order chi connectivity index (χ1) is 10.9. The standard InChI is InChI=1S/C14H13F3N6/c1-18-12-9(14(15,16)17)7-19-13(22-12)21-10-5-3-4-8-6-20-23(2)11(8)10/h3-7H,1-2H3,(H2,18,19,21,22). The Morgan fingerprint density at radius 1 is 1.17 bits per heavy atom. The number of para-hydroxylation sites is 1. The van der Waals surface area contributed by atoms with Crippen LogP contribution in [0.4, 0.5) is 30.6 Å². The van der Waals surface area contributed by atoms with Crippen LogP contribution in [0.5, 0.6) is 0 Å². The van der Waals surface area contributed by atoms with Crippen molar-refractivity contribution >= 4 is 28.4 Å². The summed E-state index contributed by atoms with van der Waals surface area (Å²) in [6.07, 6.45) is -2.06. The molecule has 0 unspecified atom stereocenters. The molecule has 0 saturated carbocycles.